The first-order chi connectivity index (χ1) is 9.08. The fraction of sp³-hybridized carbons (Fsp3) is 0.500. The molecular weight excluding hydrogens is 457 g/mol. The SMILES string of the molecule is O=C([O-])CCl.O=C([O-])CCl.O=C([O-])CCl.O=C([O-])CCl.[Zr+4]. The summed E-state index contributed by atoms with van der Waals surface area (Å²) in [6.45, 7) is 0. The predicted octanol–water partition coefficient (Wildman–Crippen LogP) is -4.10. The van der Waals surface area contributed by atoms with Crippen LogP contribution in [-0.4, -0.2) is 47.4 Å². The molecule has 0 saturated carbocycles. The van der Waals surface area contributed by atoms with Gasteiger partial charge in [-0.3, -0.25) is 0 Å². The van der Waals surface area contributed by atoms with E-state index in [1.54, 1.807) is 0 Å². The van der Waals surface area contributed by atoms with Crippen LogP contribution in [0.2, 0.25) is 0 Å². The maximum absolute atomic E-state index is 9.12. The Hall–Kier alpha value is -0.0769. The van der Waals surface area contributed by atoms with Crippen molar-refractivity contribution in [2.24, 2.45) is 0 Å². The van der Waals surface area contributed by atoms with E-state index in [-0.39, 0.29) is 26.2 Å². The van der Waals surface area contributed by atoms with E-state index >= 15 is 0 Å². The van der Waals surface area contributed by atoms with Gasteiger partial charge in [0.1, 0.15) is 0 Å². The first kappa shape index (κ1) is 32.8. The Morgan fingerprint density at radius 1 is 0.524 bits per heavy atom. The van der Waals surface area contributed by atoms with Crippen LogP contribution < -0.4 is 20.4 Å². The van der Waals surface area contributed by atoms with Gasteiger partial charge in [0.2, 0.25) is 0 Å². The summed E-state index contributed by atoms with van der Waals surface area (Å²) in [5.74, 6) is -6.59. The van der Waals surface area contributed by atoms with Crippen molar-refractivity contribution >= 4 is 70.3 Å². The predicted molar refractivity (Wildman–Crippen MR) is 62.9 cm³/mol. The molecule has 0 aromatic carbocycles. The van der Waals surface area contributed by atoms with Crippen molar-refractivity contribution in [3.05, 3.63) is 0 Å². The van der Waals surface area contributed by atoms with Gasteiger partial charge in [-0.25, -0.2) is 0 Å². The number of alkyl halides is 4. The summed E-state index contributed by atoms with van der Waals surface area (Å²) in [6, 6.07) is 0. The van der Waals surface area contributed by atoms with Crippen LogP contribution in [0.15, 0.2) is 0 Å². The van der Waals surface area contributed by atoms with Crippen LogP contribution in [0, 0.1) is 0 Å². The molecule has 0 fully saturated rings. The van der Waals surface area contributed by atoms with Gasteiger partial charge in [-0.2, -0.15) is 0 Å². The molecule has 0 aliphatic carbocycles. The van der Waals surface area contributed by atoms with Crippen LogP contribution in [0.1, 0.15) is 0 Å². The number of carboxylic acids is 4. The molecule has 0 N–H and O–H groups in total. The van der Waals surface area contributed by atoms with Crippen LogP contribution in [0.5, 0.6) is 0 Å². The van der Waals surface area contributed by atoms with Crippen molar-refractivity contribution in [3.8, 4) is 0 Å². The Labute approximate surface area is 159 Å². The minimum Gasteiger partial charge on any atom is -0.549 e. The zero-order chi connectivity index (χ0) is 17.1. The van der Waals surface area contributed by atoms with Gasteiger partial charge >= 0.3 is 26.2 Å². The molecule has 0 bridgehead atoms. The van der Waals surface area contributed by atoms with E-state index in [0.717, 1.165) is 0 Å². The Bertz CT molecular complexity index is 233. The van der Waals surface area contributed by atoms with E-state index in [2.05, 4.69) is 46.4 Å². The van der Waals surface area contributed by atoms with Crippen molar-refractivity contribution < 1.29 is 65.8 Å². The summed E-state index contributed by atoms with van der Waals surface area (Å²) < 4.78 is 0. The molecule has 0 aliphatic rings. The summed E-state index contributed by atoms with van der Waals surface area (Å²) in [5, 5.41) is 36.5. The largest absolute Gasteiger partial charge is 4.00 e. The van der Waals surface area contributed by atoms with Gasteiger partial charge in [-0.1, -0.05) is 0 Å². The first-order valence-electron chi connectivity index (χ1n) is 4.12. The molecule has 0 atom stereocenters. The number of aliphatic carboxylic acids is 4. The maximum Gasteiger partial charge on any atom is 4.00 e. The van der Waals surface area contributed by atoms with Crippen LogP contribution in [-0.2, 0) is 45.4 Å². The standard InChI is InChI=1S/4C2H3ClO2.Zr/c4*3-1-2(4)5;/h4*1H2,(H,4,5);/q;;;;+4/p-4. The zero-order valence-electron chi connectivity index (χ0n) is 10.1. The molecule has 0 heterocycles. The molecule has 0 amide bonds. The van der Waals surface area contributed by atoms with Gasteiger partial charge in [0.25, 0.3) is 0 Å². The van der Waals surface area contributed by atoms with Gasteiger partial charge in [-0.15, -0.1) is 46.4 Å². The monoisotopic (exact) mass is 462 g/mol. The van der Waals surface area contributed by atoms with E-state index in [4.69, 9.17) is 39.6 Å². The summed E-state index contributed by atoms with van der Waals surface area (Å²) >= 11 is 18.7. The van der Waals surface area contributed by atoms with Gasteiger partial charge in [0, 0.05) is 0 Å². The van der Waals surface area contributed by atoms with Crippen molar-refractivity contribution in [1.82, 2.24) is 0 Å². The second-order valence-electron chi connectivity index (χ2n) is 2.02. The normalized spacial score (nSPS) is 7.05. The number of halogens is 4. The van der Waals surface area contributed by atoms with Crippen molar-refractivity contribution in [1.29, 1.82) is 0 Å². The maximum atomic E-state index is 9.12. The molecule has 0 rings (SSSR count). The molecular formula is C8H8Cl4O8Zr. The number of hydrogen-bond acceptors (Lipinski definition) is 8. The van der Waals surface area contributed by atoms with Crippen LogP contribution in [0.25, 0.3) is 0 Å². The summed E-state index contributed by atoms with van der Waals surface area (Å²) in [7, 11) is 0. The second-order valence-corrected chi connectivity index (χ2v) is 3.09. The Balaban J connectivity index is -0.0000000533. The Morgan fingerprint density at radius 3 is 0.571 bits per heavy atom. The number of hydrogen-bond donors (Lipinski definition) is 0. The molecule has 13 heteroatoms. The first-order valence-corrected chi connectivity index (χ1v) is 6.25. The zero-order valence-corrected chi connectivity index (χ0v) is 15.6. The van der Waals surface area contributed by atoms with Crippen LogP contribution >= 0.6 is 46.4 Å². The smallest absolute Gasteiger partial charge is 0.549 e. The molecule has 0 unspecified atom stereocenters. The molecule has 21 heavy (non-hydrogen) atoms. The third kappa shape index (κ3) is 102. The van der Waals surface area contributed by atoms with Crippen LogP contribution in [0.3, 0.4) is 0 Å². The average molecular weight is 465 g/mol. The fourth-order valence-electron chi connectivity index (χ4n) is 0. The molecule has 0 spiro atoms. The Kier molecular flexibility index (Phi) is 43.9. The number of carboxylic acid groups (broad SMARTS) is 4. The number of carbonyl (C=O) groups is 4. The van der Waals surface area contributed by atoms with Crippen molar-refractivity contribution in [2.75, 3.05) is 23.5 Å². The topological polar surface area (TPSA) is 161 Å². The third-order valence-corrected chi connectivity index (χ3v) is 1.31. The summed E-state index contributed by atoms with van der Waals surface area (Å²) in [5.41, 5.74) is 0. The van der Waals surface area contributed by atoms with Crippen LogP contribution in [0.4, 0.5) is 0 Å². The molecule has 0 aliphatic heterocycles. The van der Waals surface area contributed by atoms with Crippen molar-refractivity contribution in [2.45, 2.75) is 0 Å². The summed E-state index contributed by atoms with van der Waals surface area (Å²) in [6.07, 6.45) is 0. The fourth-order valence-corrected chi connectivity index (χ4v) is 0. The minimum atomic E-state index is -1.23. The molecule has 0 radical (unpaired) electrons. The van der Waals surface area contributed by atoms with E-state index in [0.29, 0.717) is 0 Å². The van der Waals surface area contributed by atoms with E-state index in [1.165, 1.54) is 0 Å². The van der Waals surface area contributed by atoms with E-state index in [1.807, 2.05) is 0 Å². The van der Waals surface area contributed by atoms with Gasteiger partial charge in [0.15, 0.2) is 0 Å². The quantitative estimate of drug-likeness (QED) is 0.379. The third-order valence-electron chi connectivity index (χ3n) is 0.436. The Morgan fingerprint density at radius 2 is 0.571 bits per heavy atom. The number of carbonyl (C=O) groups excluding carboxylic acids is 4. The van der Waals surface area contributed by atoms with Gasteiger partial charge in [0.05, 0.1) is 47.4 Å². The molecule has 120 valence electrons. The molecule has 0 aromatic heterocycles. The number of rotatable bonds is 4. The molecule has 0 aromatic rings. The van der Waals surface area contributed by atoms with E-state index in [9.17, 15) is 0 Å². The minimum absolute atomic E-state index is 0. The van der Waals surface area contributed by atoms with E-state index < -0.39 is 47.4 Å². The molecule has 0 saturated heterocycles. The van der Waals surface area contributed by atoms with Gasteiger partial charge in [-0.05, 0) is 0 Å². The van der Waals surface area contributed by atoms with Crippen molar-refractivity contribution in [3.63, 3.8) is 0 Å². The van der Waals surface area contributed by atoms with Gasteiger partial charge < -0.3 is 39.6 Å². The molecule has 8 nitrogen and oxygen atoms in total. The second kappa shape index (κ2) is 28.1. The summed E-state index contributed by atoms with van der Waals surface area (Å²) in [4.78, 5) is 36.5. The average Bonchev–Trinajstić information content (AvgIpc) is 2.40.